The third-order valence-corrected chi connectivity index (χ3v) is 10.5. The van der Waals surface area contributed by atoms with Crippen LogP contribution in [0.2, 0.25) is 0 Å². The smallest absolute Gasteiger partial charge is 0.243 e. The lowest BCUT2D eigenvalue weighted by Gasteiger charge is -2.29. The standard InChI is InChI=1S/C48H42BN3/c1-31-25-33(3)47(34(4)26-31)49(48-35(5)27-32(2)28-36(48)6)42-23-24-45(41-21-13-12-20-40(41)42)52(44-22-14-18-37-15-10-11-19-39(37)44)46-30-50-43(29-51-46)38-16-8-7-9-17-38/h7-30H,1-6H3. The zero-order chi connectivity index (χ0) is 35.9. The number of anilines is 3. The van der Waals surface area contributed by atoms with Crippen molar-refractivity contribution in [3.05, 3.63) is 179 Å². The molecular formula is C48H42BN3. The van der Waals surface area contributed by atoms with Crippen molar-refractivity contribution in [2.75, 3.05) is 4.90 Å². The van der Waals surface area contributed by atoms with E-state index in [2.05, 4.69) is 162 Å². The summed E-state index contributed by atoms with van der Waals surface area (Å²) in [5, 5.41) is 4.72. The molecule has 252 valence electrons. The van der Waals surface area contributed by atoms with E-state index < -0.39 is 0 Å². The van der Waals surface area contributed by atoms with E-state index in [9.17, 15) is 0 Å². The first-order valence-corrected chi connectivity index (χ1v) is 18.1. The van der Waals surface area contributed by atoms with Gasteiger partial charge in [-0.2, -0.15) is 0 Å². The fourth-order valence-electron chi connectivity index (χ4n) is 8.48. The fraction of sp³-hybridized carbons (Fsp3) is 0.125. The molecule has 0 saturated carbocycles. The van der Waals surface area contributed by atoms with E-state index in [1.807, 2.05) is 30.6 Å². The van der Waals surface area contributed by atoms with Gasteiger partial charge in [-0.05, 0) is 64.4 Å². The number of aromatic nitrogens is 2. The molecule has 0 aliphatic carbocycles. The Balaban J connectivity index is 1.40. The Morgan fingerprint density at radius 3 is 1.62 bits per heavy atom. The summed E-state index contributed by atoms with van der Waals surface area (Å²) in [5.41, 5.74) is 15.9. The summed E-state index contributed by atoms with van der Waals surface area (Å²) >= 11 is 0. The molecule has 0 atom stereocenters. The molecule has 0 amide bonds. The first-order valence-electron chi connectivity index (χ1n) is 18.1. The number of hydrogen-bond acceptors (Lipinski definition) is 3. The van der Waals surface area contributed by atoms with E-state index in [4.69, 9.17) is 9.97 Å². The van der Waals surface area contributed by atoms with Crippen molar-refractivity contribution < 1.29 is 0 Å². The molecule has 1 aromatic heterocycles. The SMILES string of the molecule is Cc1cc(C)c(B(c2c(C)cc(C)cc2C)c2ccc(N(c3cnc(-c4ccccc4)cn3)c3cccc4ccccc34)c3ccccc23)c(C)c1. The van der Waals surface area contributed by atoms with Gasteiger partial charge in [0.2, 0.25) is 6.71 Å². The highest BCUT2D eigenvalue weighted by atomic mass is 15.2. The van der Waals surface area contributed by atoms with Crippen molar-refractivity contribution in [3.63, 3.8) is 0 Å². The molecule has 8 rings (SSSR count). The molecule has 1 heterocycles. The van der Waals surface area contributed by atoms with Crippen molar-refractivity contribution >= 4 is 61.8 Å². The Labute approximate surface area is 307 Å². The molecule has 0 bridgehead atoms. The van der Waals surface area contributed by atoms with Crippen LogP contribution in [0.3, 0.4) is 0 Å². The average Bonchev–Trinajstić information content (AvgIpc) is 3.14. The minimum Gasteiger partial charge on any atom is -0.293 e. The van der Waals surface area contributed by atoms with Crippen molar-refractivity contribution in [1.82, 2.24) is 9.97 Å². The van der Waals surface area contributed by atoms with E-state index in [-0.39, 0.29) is 6.71 Å². The minimum absolute atomic E-state index is 0.0519. The molecule has 0 unspecified atom stereocenters. The highest BCUT2D eigenvalue weighted by molar-refractivity contribution is 6.98. The number of nitrogens with zero attached hydrogens (tertiary/aromatic N) is 3. The summed E-state index contributed by atoms with van der Waals surface area (Å²) in [6.07, 6.45) is 3.80. The summed E-state index contributed by atoms with van der Waals surface area (Å²) in [6, 6.07) is 48.2. The van der Waals surface area contributed by atoms with E-state index in [1.54, 1.807) is 0 Å². The van der Waals surface area contributed by atoms with Crippen LogP contribution in [0.5, 0.6) is 0 Å². The second-order valence-electron chi connectivity index (χ2n) is 14.2. The van der Waals surface area contributed by atoms with Crippen LogP contribution < -0.4 is 21.3 Å². The zero-order valence-electron chi connectivity index (χ0n) is 30.8. The molecule has 52 heavy (non-hydrogen) atoms. The van der Waals surface area contributed by atoms with Gasteiger partial charge in [0.15, 0.2) is 5.82 Å². The second kappa shape index (κ2) is 13.6. The second-order valence-corrected chi connectivity index (χ2v) is 14.2. The summed E-state index contributed by atoms with van der Waals surface area (Å²) in [6.45, 7) is 13.5. The molecule has 0 aliphatic rings. The summed E-state index contributed by atoms with van der Waals surface area (Å²) < 4.78 is 0. The normalized spacial score (nSPS) is 11.3. The van der Waals surface area contributed by atoms with Gasteiger partial charge in [0.25, 0.3) is 0 Å². The molecular weight excluding hydrogens is 629 g/mol. The molecule has 8 aromatic rings. The molecule has 0 N–H and O–H groups in total. The van der Waals surface area contributed by atoms with Crippen LogP contribution in [-0.4, -0.2) is 16.7 Å². The molecule has 7 aromatic carbocycles. The van der Waals surface area contributed by atoms with Crippen molar-refractivity contribution in [3.8, 4) is 11.3 Å². The molecule has 4 heteroatoms. The third-order valence-electron chi connectivity index (χ3n) is 10.5. The predicted molar refractivity (Wildman–Crippen MR) is 223 cm³/mol. The number of hydrogen-bond donors (Lipinski definition) is 0. The van der Waals surface area contributed by atoms with Gasteiger partial charge in [-0.15, -0.1) is 0 Å². The van der Waals surface area contributed by atoms with E-state index >= 15 is 0 Å². The van der Waals surface area contributed by atoms with Crippen LogP contribution in [0, 0.1) is 41.5 Å². The van der Waals surface area contributed by atoms with E-state index in [0.717, 1.165) is 39.2 Å². The number of benzene rings is 7. The zero-order valence-corrected chi connectivity index (χ0v) is 30.8. The van der Waals surface area contributed by atoms with E-state index in [0.29, 0.717) is 0 Å². The lowest BCUT2D eigenvalue weighted by molar-refractivity contribution is 1.14. The molecule has 0 aliphatic heterocycles. The topological polar surface area (TPSA) is 29.0 Å². The van der Waals surface area contributed by atoms with Gasteiger partial charge < -0.3 is 0 Å². The van der Waals surface area contributed by atoms with Gasteiger partial charge in [0.1, 0.15) is 0 Å². The highest BCUT2D eigenvalue weighted by Crippen LogP contribution is 2.41. The van der Waals surface area contributed by atoms with Gasteiger partial charge in [-0.1, -0.05) is 171 Å². The minimum atomic E-state index is 0.0519. The van der Waals surface area contributed by atoms with Crippen LogP contribution >= 0.6 is 0 Å². The maximum absolute atomic E-state index is 5.10. The molecule has 0 radical (unpaired) electrons. The lowest BCUT2D eigenvalue weighted by atomic mass is 9.33. The molecule has 0 fully saturated rings. The number of fused-ring (bicyclic) bond motifs is 2. The van der Waals surface area contributed by atoms with Crippen molar-refractivity contribution in [1.29, 1.82) is 0 Å². The summed E-state index contributed by atoms with van der Waals surface area (Å²) in [4.78, 5) is 12.3. The van der Waals surface area contributed by atoms with Crippen molar-refractivity contribution in [2.45, 2.75) is 41.5 Å². The van der Waals surface area contributed by atoms with Crippen LogP contribution in [0.1, 0.15) is 33.4 Å². The fourth-order valence-corrected chi connectivity index (χ4v) is 8.48. The van der Waals surface area contributed by atoms with Gasteiger partial charge in [0, 0.05) is 16.3 Å². The lowest BCUT2D eigenvalue weighted by Crippen LogP contribution is -2.56. The highest BCUT2D eigenvalue weighted by Gasteiger charge is 2.31. The van der Waals surface area contributed by atoms with Crippen LogP contribution in [-0.2, 0) is 0 Å². The van der Waals surface area contributed by atoms with E-state index in [1.165, 1.54) is 60.5 Å². The monoisotopic (exact) mass is 671 g/mol. The first-order chi connectivity index (χ1) is 25.3. The third kappa shape index (κ3) is 5.94. The Morgan fingerprint density at radius 1 is 0.462 bits per heavy atom. The predicted octanol–water partition coefficient (Wildman–Crippen LogP) is 10.3. The van der Waals surface area contributed by atoms with Gasteiger partial charge in [0.05, 0.1) is 29.5 Å². The maximum atomic E-state index is 5.10. The largest absolute Gasteiger partial charge is 0.293 e. The maximum Gasteiger partial charge on any atom is 0.243 e. The van der Waals surface area contributed by atoms with Crippen molar-refractivity contribution in [2.24, 2.45) is 0 Å². The Hall–Kier alpha value is -6.00. The summed E-state index contributed by atoms with van der Waals surface area (Å²) in [5.74, 6) is 0.765. The molecule has 3 nitrogen and oxygen atoms in total. The number of aryl methyl sites for hydroxylation is 6. The van der Waals surface area contributed by atoms with Gasteiger partial charge in [-0.25, -0.2) is 4.98 Å². The molecule has 0 spiro atoms. The number of rotatable bonds is 7. The Bertz CT molecular complexity index is 2480. The Morgan fingerprint density at radius 2 is 1.00 bits per heavy atom. The average molecular weight is 672 g/mol. The molecule has 0 saturated heterocycles. The first kappa shape index (κ1) is 33.2. The van der Waals surface area contributed by atoms with Crippen LogP contribution in [0.4, 0.5) is 17.2 Å². The van der Waals surface area contributed by atoms with Gasteiger partial charge >= 0.3 is 0 Å². The summed E-state index contributed by atoms with van der Waals surface area (Å²) in [7, 11) is 0. The van der Waals surface area contributed by atoms with Gasteiger partial charge in [-0.3, -0.25) is 9.88 Å². The van der Waals surface area contributed by atoms with Crippen LogP contribution in [0.25, 0.3) is 32.8 Å². The Kier molecular flexibility index (Phi) is 8.68. The van der Waals surface area contributed by atoms with Crippen LogP contribution in [0.15, 0.2) is 146 Å². The quantitative estimate of drug-likeness (QED) is 0.158.